The molecule has 0 saturated heterocycles. The van der Waals surface area contributed by atoms with E-state index in [9.17, 15) is 26.7 Å². The number of ether oxygens (including phenoxy) is 1. The number of carbonyl (C=O) groups is 1. The molecular weight excluding hydrogens is 317 g/mol. The van der Waals surface area contributed by atoms with E-state index >= 15 is 0 Å². The molecule has 0 bridgehead atoms. The fourth-order valence-corrected chi connectivity index (χ4v) is 2.23. The van der Waals surface area contributed by atoms with Gasteiger partial charge in [0.25, 0.3) is 6.43 Å². The molecule has 0 N–H and O–H groups in total. The van der Waals surface area contributed by atoms with Crippen LogP contribution in [-0.2, 0) is 4.74 Å². The van der Waals surface area contributed by atoms with Crippen molar-refractivity contribution >= 4 is 17.7 Å². The topological polar surface area (TPSA) is 50.1 Å². The summed E-state index contributed by atoms with van der Waals surface area (Å²) in [7, 11) is 0. The third-order valence-corrected chi connectivity index (χ3v) is 3.04. The number of halogens is 5. The van der Waals surface area contributed by atoms with Crippen molar-refractivity contribution < 1.29 is 31.5 Å². The largest absolute Gasteiger partial charge is 0.462 e. The number of carbonyl (C=O) groups excluding carboxylic acids is 1. The Hall–Kier alpha value is -1.82. The molecule has 9 heteroatoms. The van der Waals surface area contributed by atoms with E-state index in [4.69, 9.17) is 5.26 Å². The second-order valence-electron chi connectivity index (χ2n) is 3.58. The molecule has 21 heavy (non-hydrogen) atoms. The van der Waals surface area contributed by atoms with Gasteiger partial charge in [0.05, 0.1) is 29.4 Å². The first-order valence-corrected chi connectivity index (χ1v) is 6.31. The number of hydrogen-bond acceptors (Lipinski definition) is 4. The minimum absolute atomic E-state index is 0.200. The molecule has 3 nitrogen and oxygen atoms in total. The van der Waals surface area contributed by atoms with Gasteiger partial charge in [-0.2, -0.15) is 18.4 Å². The third-order valence-electron chi connectivity index (χ3n) is 2.25. The molecule has 1 rings (SSSR count). The first kappa shape index (κ1) is 17.2. The van der Waals surface area contributed by atoms with Crippen LogP contribution >= 0.6 is 11.8 Å². The summed E-state index contributed by atoms with van der Waals surface area (Å²) in [5.74, 6) is -1.32. The van der Waals surface area contributed by atoms with Crippen molar-refractivity contribution in [2.75, 3.05) is 6.61 Å². The van der Waals surface area contributed by atoms with Crippen LogP contribution in [-0.4, -0.2) is 18.1 Å². The molecule has 0 saturated carbocycles. The van der Waals surface area contributed by atoms with Crippen LogP contribution < -0.4 is 0 Å². The highest BCUT2D eigenvalue weighted by atomic mass is 32.2. The zero-order valence-electron chi connectivity index (χ0n) is 10.5. The summed E-state index contributed by atoms with van der Waals surface area (Å²) in [6.45, 7) is 1.18. The Kier molecular flexibility index (Phi) is 5.54. The van der Waals surface area contributed by atoms with Gasteiger partial charge in [-0.15, -0.1) is 0 Å². The van der Waals surface area contributed by atoms with Gasteiger partial charge in [-0.3, -0.25) is 0 Å². The molecule has 0 unspecified atom stereocenters. The molecule has 1 aromatic rings. The van der Waals surface area contributed by atoms with Crippen molar-refractivity contribution in [1.29, 1.82) is 5.26 Å². The Bertz CT molecular complexity index is 580. The van der Waals surface area contributed by atoms with Crippen LogP contribution in [0.2, 0.25) is 0 Å². The fraction of sp³-hybridized carbons (Fsp3) is 0.333. The van der Waals surface area contributed by atoms with E-state index in [1.54, 1.807) is 0 Å². The van der Waals surface area contributed by atoms with E-state index in [1.807, 2.05) is 0 Å². The Morgan fingerprint density at radius 3 is 2.48 bits per heavy atom. The van der Waals surface area contributed by atoms with Crippen LogP contribution in [0.25, 0.3) is 0 Å². The minimum Gasteiger partial charge on any atom is -0.462 e. The molecule has 0 spiro atoms. The van der Waals surface area contributed by atoms with Crippen molar-refractivity contribution in [3.63, 3.8) is 0 Å². The van der Waals surface area contributed by atoms with Gasteiger partial charge in [-0.05, 0) is 30.8 Å². The zero-order chi connectivity index (χ0) is 16.2. The first-order chi connectivity index (χ1) is 9.71. The van der Waals surface area contributed by atoms with Crippen molar-refractivity contribution in [1.82, 2.24) is 0 Å². The third kappa shape index (κ3) is 4.32. The SMILES string of the molecule is CCOC(=O)c1c(SC(F)(F)F)ccc(C#N)c1C(F)F. The second-order valence-corrected chi connectivity index (χ2v) is 4.69. The van der Waals surface area contributed by atoms with Gasteiger partial charge in [0.2, 0.25) is 0 Å². The molecule has 0 aliphatic rings. The summed E-state index contributed by atoms with van der Waals surface area (Å²) in [6, 6.07) is 3.04. The highest BCUT2D eigenvalue weighted by Gasteiger charge is 2.35. The number of thioether (sulfide) groups is 1. The molecule has 0 radical (unpaired) electrons. The van der Waals surface area contributed by atoms with Gasteiger partial charge in [0.15, 0.2) is 0 Å². The molecule has 0 amide bonds. The molecule has 0 atom stereocenters. The highest BCUT2D eigenvalue weighted by Crippen LogP contribution is 2.42. The molecule has 0 fully saturated rings. The van der Waals surface area contributed by atoms with Crippen LogP contribution in [0.5, 0.6) is 0 Å². The number of rotatable bonds is 4. The molecule has 114 valence electrons. The Labute approximate surface area is 120 Å². The molecular formula is C12H8F5NO2S. The Morgan fingerprint density at radius 2 is 2.05 bits per heavy atom. The van der Waals surface area contributed by atoms with Gasteiger partial charge in [0.1, 0.15) is 0 Å². The summed E-state index contributed by atoms with van der Waals surface area (Å²) >= 11 is -0.711. The second kappa shape index (κ2) is 6.76. The average Bonchev–Trinajstić information content (AvgIpc) is 2.36. The zero-order valence-corrected chi connectivity index (χ0v) is 11.3. The quantitative estimate of drug-likeness (QED) is 0.471. The average molecular weight is 325 g/mol. The van der Waals surface area contributed by atoms with E-state index in [-0.39, 0.29) is 6.61 Å². The smallest absolute Gasteiger partial charge is 0.446 e. The fourth-order valence-electron chi connectivity index (χ4n) is 1.55. The van der Waals surface area contributed by atoms with Gasteiger partial charge < -0.3 is 4.74 Å². The monoisotopic (exact) mass is 325 g/mol. The number of hydrogen-bond donors (Lipinski definition) is 0. The van der Waals surface area contributed by atoms with E-state index in [1.165, 1.54) is 13.0 Å². The molecule has 1 aromatic carbocycles. The minimum atomic E-state index is -4.77. The number of nitriles is 1. The maximum atomic E-state index is 13.0. The summed E-state index contributed by atoms with van der Waals surface area (Å²) in [6.07, 6.45) is -3.28. The van der Waals surface area contributed by atoms with Crippen LogP contribution in [0.15, 0.2) is 17.0 Å². The molecule has 0 aromatic heterocycles. The van der Waals surface area contributed by atoms with E-state index in [2.05, 4.69) is 4.74 Å². The Balaban J connectivity index is 3.55. The Morgan fingerprint density at radius 1 is 1.43 bits per heavy atom. The highest BCUT2D eigenvalue weighted by molar-refractivity contribution is 8.00. The van der Waals surface area contributed by atoms with E-state index in [0.717, 1.165) is 12.1 Å². The van der Waals surface area contributed by atoms with Gasteiger partial charge in [0, 0.05) is 4.90 Å². The van der Waals surface area contributed by atoms with Crippen molar-refractivity contribution in [2.45, 2.75) is 23.8 Å². The summed E-state index contributed by atoms with van der Waals surface area (Å²) in [5.41, 5.74) is -7.31. The summed E-state index contributed by atoms with van der Waals surface area (Å²) in [5, 5.41) is 8.76. The number of alkyl halides is 5. The predicted octanol–water partition coefficient (Wildman–Crippen LogP) is 4.28. The summed E-state index contributed by atoms with van der Waals surface area (Å²) in [4.78, 5) is 11.0. The predicted molar refractivity (Wildman–Crippen MR) is 64.0 cm³/mol. The van der Waals surface area contributed by atoms with Gasteiger partial charge in [-0.25, -0.2) is 13.6 Å². The lowest BCUT2D eigenvalue weighted by molar-refractivity contribution is -0.0328. The lowest BCUT2D eigenvalue weighted by Gasteiger charge is -2.15. The van der Waals surface area contributed by atoms with E-state index < -0.39 is 51.3 Å². The first-order valence-electron chi connectivity index (χ1n) is 5.49. The molecule has 0 aliphatic carbocycles. The van der Waals surface area contributed by atoms with Crippen LogP contribution in [0.3, 0.4) is 0 Å². The standard InChI is InChI=1S/C12H8F5NO2S/c1-2-20-11(19)9-7(21-12(15,16)17)4-3-6(5-18)8(9)10(13)14/h3-4,10H,2H2,1H3. The van der Waals surface area contributed by atoms with Crippen molar-refractivity contribution in [2.24, 2.45) is 0 Å². The van der Waals surface area contributed by atoms with Crippen molar-refractivity contribution in [3.8, 4) is 6.07 Å². The van der Waals surface area contributed by atoms with Crippen molar-refractivity contribution in [3.05, 3.63) is 28.8 Å². The molecule has 0 aliphatic heterocycles. The van der Waals surface area contributed by atoms with E-state index in [0.29, 0.717) is 0 Å². The lowest BCUT2D eigenvalue weighted by Crippen LogP contribution is -2.13. The maximum Gasteiger partial charge on any atom is 0.446 e. The molecule has 0 heterocycles. The van der Waals surface area contributed by atoms with Gasteiger partial charge >= 0.3 is 11.5 Å². The summed E-state index contributed by atoms with van der Waals surface area (Å²) < 4.78 is 67.9. The van der Waals surface area contributed by atoms with Crippen LogP contribution in [0, 0.1) is 11.3 Å². The number of benzene rings is 1. The maximum absolute atomic E-state index is 13.0. The van der Waals surface area contributed by atoms with Crippen LogP contribution in [0.1, 0.15) is 34.8 Å². The normalized spacial score (nSPS) is 11.3. The van der Waals surface area contributed by atoms with Crippen LogP contribution in [0.4, 0.5) is 22.0 Å². The lowest BCUT2D eigenvalue weighted by atomic mass is 10.0. The number of esters is 1. The number of nitrogens with zero attached hydrogens (tertiary/aromatic N) is 1. The van der Waals surface area contributed by atoms with Gasteiger partial charge in [-0.1, -0.05) is 0 Å².